The van der Waals surface area contributed by atoms with Crippen molar-refractivity contribution in [1.29, 1.82) is 0 Å². The van der Waals surface area contributed by atoms with E-state index in [-0.39, 0.29) is 23.6 Å². The van der Waals surface area contributed by atoms with Gasteiger partial charge >= 0.3 is 5.69 Å². The Bertz CT molecular complexity index is 1420. The zero-order valence-electron chi connectivity index (χ0n) is 19.5. The molecular formula is C26H24ClN3O5. The van der Waals surface area contributed by atoms with Crippen LogP contribution in [-0.4, -0.2) is 22.4 Å². The summed E-state index contributed by atoms with van der Waals surface area (Å²) in [6.07, 6.45) is 1.02. The maximum Gasteiger partial charge on any atom is 0.311 e. The molecule has 1 heterocycles. The molecule has 0 aliphatic heterocycles. The number of rotatable bonds is 8. The first-order valence-electron chi connectivity index (χ1n) is 11.2. The van der Waals surface area contributed by atoms with Gasteiger partial charge < -0.3 is 14.5 Å². The average Bonchev–Trinajstić information content (AvgIpc) is 3.28. The first-order valence-corrected chi connectivity index (χ1v) is 11.6. The number of hydrogen-bond donors (Lipinski definition) is 1. The fraction of sp³-hybridized carbons (Fsp3) is 0.231. The molecule has 0 unspecified atom stereocenters. The highest BCUT2D eigenvalue weighted by Crippen LogP contribution is 2.33. The SMILES string of the molecule is CCOc1ccc(C(=O)Nc2cc(-c3nc4cc([C@@H](C)CC)ccc4o3)ccc2Cl)cc1[N+](=O)[O-]. The van der Waals surface area contributed by atoms with Crippen LogP contribution in [0.5, 0.6) is 5.75 Å². The third-order valence-corrected chi connectivity index (χ3v) is 6.10. The fourth-order valence-electron chi connectivity index (χ4n) is 3.64. The molecule has 180 valence electrons. The maximum atomic E-state index is 12.9. The molecule has 0 radical (unpaired) electrons. The van der Waals surface area contributed by atoms with E-state index in [1.54, 1.807) is 25.1 Å². The molecule has 3 aromatic carbocycles. The molecule has 4 aromatic rings. The van der Waals surface area contributed by atoms with Crippen molar-refractivity contribution >= 4 is 40.0 Å². The van der Waals surface area contributed by atoms with Crippen LogP contribution in [0.25, 0.3) is 22.6 Å². The Balaban J connectivity index is 1.62. The van der Waals surface area contributed by atoms with Gasteiger partial charge in [0.25, 0.3) is 5.91 Å². The number of carbonyl (C=O) groups excluding carboxylic acids is 1. The molecule has 4 rings (SSSR count). The lowest BCUT2D eigenvalue weighted by Crippen LogP contribution is -2.13. The molecule has 1 amide bonds. The van der Waals surface area contributed by atoms with Crippen molar-refractivity contribution in [3.63, 3.8) is 0 Å². The molecule has 1 atom stereocenters. The number of anilines is 1. The van der Waals surface area contributed by atoms with Crippen LogP contribution >= 0.6 is 11.6 Å². The number of hydrogen-bond acceptors (Lipinski definition) is 6. The van der Waals surface area contributed by atoms with Gasteiger partial charge in [0.15, 0.2) is 11.3 Å². The number of nitro groups is 1. The molecule has 0 spiro atoms. The Kier molecular flexibility index (Phi) is 7.02. The molecule has 0 aliphatic carbocycles. The number of carbonyl (C=O) groups is 1. The number of halogens is 1. The quantitative estimate of drug-likeness (QED) is 0.205. The summed E-state index contributed by atoms with van der Waals surface area (Å²) in [6.45, 7) is 6.29. The minimum atomic E-state index is -0.588. The van der Waals surface area contributed by atoms with E-state index in [2.05, 4.69) is 24.1 Å². The average molecular weight is 494 g/mol. The molecule has 0 saturated heterocycles. The largest absolute Gasteiger partial charge is 0.487 e. The number of ether oxygens (including phenoxy) is 1. The van der Waals surface area contributed by atoms with Crippen LogP contribution in [0, 0.1) is 10.1 Å². The van der Waals surface area contributed by atoms with Crippen LogP contribution in [-0.2, 0) is 0 Å². The summed E-state index contributed by atoms with van der Waals surface area (Å²) in [5.74, 6) is 0.355. The summed E-state index contributed by atoms with van der Waals surface area (Å²) in [5.41, 5.74) is 3.36. The first-order chi connectivity index (χ1) is 16.8. The summed E-state index contributed by atoms with van der Waals surface area (Å²) in [7, 11) is 0. The van der Waals surface area contributed by atoms with E-state index in [4.69, 9.17) is 20.8 Å². The van der Waals surface area contributed by atoms with Crippen molar-refractivity contribution in [2.75, 3.05) is 11.9 Å². The third-order valence-electron chi connectivity index (χ3n) is 5.77. The molecule has 1 N–H and O–H groups in total. The lowest BCUT2D eigenvalue weighted by molar-refractivity contribution is -0.385. The Morgan fingerprint density at radius 3 is 2.69 bits per heavy atom. The number of nitrogens with zero attached hydrogens (tertiary/aromatic N) is 2. The van der Waals surface area contributed by atoms with Crippen LogP contribution in [0.3, 0.4) is 0 Å². The Morgan fingerprint density at radius 2 is 1.97 bits per heavy atom. The van der Waals surface area contributed by atoms with E-state index in [9.17, 15) is 14.9 Å². The van der Waals surface area contributed by atoms with Crippen LogP contribution in [0.1, 0.15) is 49.0 Å². The van der Waals surface area contributed by atoms with Crippen LogP contribution in [0.2, 0.25) is 5.02 Å². The summed E-state index contributed by atoms with van der Waals surface area (Å²) >= 11 is 6.32. The van der Waals surface area contributed by atoms with Crippen molar-refractivity contribution in [1.82, 2.24) is 4.98 Å². The number of benzene rings is 3. The van der Waals surface area contributed by atoms with E-state index in [0.717, 1.165) is 11.9 Å². The molecule has 0 saturated carbocycles. The maximum absolute atomic E-state index is 12.9. The smallest absolute Gasteiger partial charge is 0.311 e. The summed E-state index contributed by atoms with van der Waals surface area (Å²) in [4.78, 5) is 28.3. The van der Waals surface area contributed by atoms with Gasteiger partial charge in [0, 0.05) is 17.2 Å². The van der Waals surface area contributed by atoms with Gasteiger partial charge in [-0.1, -0.05) is 31.5 Å². The summed E-state index contributed by atoms with van der Waals surface area (Å²) < 4.78 is 11.2. The van der Waals surface area contributed by atoms with Gasteiger partial charge in [0.1, 0.15) is 5.52 Å². The fourth-order valence-corrected chi connectivity index (χ4v) is 3.80. The zero-order valence-corrected chi connectivity index (χ0v) is 20.3. The molecule has 0 fully saturated rings. The lowest BCUT2D eigenvalue weighted by Gasteiger charge is -2.10. The van der Waals surface area contributed by atoms with Gasteiger partial charge in [0.05, 0.1) is 22.2 Å². The zero-order chi connectivity index (χ0) is 25.1. The van der Waals surface area contributed by atoms with E-state index < -0.39 is 10.8 Å². The molecule has 0 aliphatic rings. The highest BCUT2D eigenvalue weighted by Gasteiger charge is 2.20. The van der Waals surface area contributed by atoms with Gasteiger partial charge in [0.2, 0.25) is 5.89 Å². The van der Waals surface area contributed by atoms with Crippen molar-refractivity contribution in [2.24, 2.45) is 0 Å². The van der Waals surface area contributed by atoms with E-state index in [0.29, 0.717) is 33.7 Å². The molecule has 1 aromatic heterocycles. The summed E-state index contributed by atoms with van der Waals surface area (Å²) in [5, 5.41) is 14.4. The number of aromatic nitrogens is 1. The second-order valence-electron chi connectivity index (χ2n) is 8.08. The predicted molar refractivity (Wildman–Crippen MR) is 135 cm³/mol. The lowest BCUT2D eigenvalue weighted by atomic mass is 9.98. The monoisotopic (exact) mass is 493 g/mol. The van der Waals surface area contributed by atoms with Crippen molar-refractivity contribution in [3.8, 4) is 17.2 Å². The van der Waals surface area contributed by atoms with Gasteiger partial charge in [-0.2, -0.15) is 0 Å². The van der Waals surface area contributed by atoms with Crippen LogP contribution in [0.4, 0.5) is 11.4 Å². The van der Waals surface area contributed by atoms with Crippen molar-refractivity contribution in [2.45, 2.75) is 33.1 Å². The van der Waals surface area contributed by atoms with Crippen molar-refractivity contribution < 1.29 is 18.9 Å². The number of amides is 1. The minimum Gasteiger partial charge on any atom is -0.487 e. The molecule has 9 heteroatoms. The number of nitrogens with one attached hydrogen (secondary N) is 1. The molecule has 35 heavy (non-hydrogen) atoms. The number of fused-ring (bicyclic) bond motifs is 1. The Morgan fingerprint density at radius 1 is 1.17 bits per heavy atom. The van der Waals surface area contributed by atoms with E-state index >= 15 is 0 Å². The van der Waals surface area contributed by atoms with Gasteiger partial charge in [-0.15, -0.1) is 0 Å². The topological polar surface area (TPSA) is 108 Å². The Hall–Kier alpha value is -3.91. The summed E-state index contributed by atoms with van der Waals surface area (Å²) in [6, 6.07) is 15.0. The standard InChI is InChI=1S/C26H24ClN3O5/c1-4-15(3)16-7-10-23-21(12-16)29-26(35-23)18-6-9-19(27)20(13-18)28-25(31)17-8-11-24(34-5-2)22(14-17)30(32)33/h6-15H,4-5H2,1-3H3,(H,28,31)/t15-/m0/s1. The van der Waals surface area contributed by atoms with Gasteiger partial charge in [-0.3, -0.25) is 14.9 Å². The third kappa shape index (κ3) is 5.12. The Labute approximate surface area is 207 Å². The molecule has 0 bridgehead atoms. The highest BCUT2D eigenvalue weighted by atomic mass is 35.5. The van der Waals surface area contributed by atoms with Gasteiger partial charge in [-0.25, -0.2) is 4.98 Å². The van der Waals surface area contributed by atoms with Crippen LogP contribution < -0.4 is 10.1 Å². The van der Waals surface area contributed by atoms with Crippen molar-refractivity contribution in [3.05, 3.63) is 80.9 Å². The normalized spacial score (nSPS) is 11.9. The first kappa shape index (κ1) is 24.2. The van der Waals surface area contributed by atoms with E-state index in [1.807, 2.05) is 18.2 Å². The molecular weight excluding hydrogens is 470 g/mol. The molecule has 8 nitrogen and oxygen atoms in total. The van der Waals surface area contributed by atoms with Crippen LogP contribution in [0.15, 0.2) is 59.0 Å². The predicted octanol–water partition coefficient (Wildman–Crippen LogP) is 7.22. The number of nitro benzene ring substituents is 1. The van der Waals surface area contributed by atoms with E-state index in [1.165, 1.54) is 23.8 Å². The minimum absolute atomic E-state index is 0.0982. The second-order valence-corrected chi connectivity index (χ2v) is 8.48. The number of oxazole rings is 1. The highest BCUT2D eigenvalue weighted by molar-refractivity contribution is 6.34. The van der Waals surface area contributed by atoms with Gasteiger partial charge in [-0.05, 0) is 67.3 Å². The second kappa shape index (κ2) is 10.1.